The monoisotopic (exact) mass is 245 g/mol. The summed E-state index contributed by atoms with van der Waals surface area (Å²) in [6.07, 6.45) is 6.97. The molecular weight excluding hydrogens is 222 g/mol. The molecule has 5 atom stereocenters. The van der Waals surface area contributed by atoms with E-state index in [1.807, 2.05) is 0 Å². The predicted octanol–water partition coefficient (Wildman–Crippen LogP) is 2.11. The minimum Gasteiger partial charge on any atom is -0.306 e. The van der Waals surface area contributed by atoms with E-state index < -0.39 is 11.1 Å². The third kappa shape index (κ3) is 2.34. The van der Waals surface area contributed by atoms with Gasteiger partial charge in [-0.25, -0.2) is 4.21 Å². The molecule has 3 nitrogen and oxygen atoms in total. The first-order chi connectivity index (χ1) is 7.61. The van der Waals surface area contributed by atoms with Crippen LogP contribution in [0.25, 0.3) is 0 Å². The van der Waals surface area contributed by atoms with E-state index >= 15 is 0 Å². The number of nitrogens with zero attached hydrogens (tertiary/aromatic N) is 1. The summed E-state index contributed by atoms with van der Waals surface area (Å²) in [6, 6.07) is 0.630. The molecule has 0 spiro atoms. The molecule has 0 aliphatic heterocycles. The smallest absolute Gasteiger partial charge is 0.156 e. The van der Waals surface area contributed by atoms with Gasteiger partial charge in [-0.3, -0.25) is 0 Å². The van der Waals surface area contributed by atoms with E-state index in [1.165, 1.54) is 19.3 Å². The average Bonchev–Trinajstić information content (AvgIpc) is 2.27. The van der Waals surface area contributed by atoms with Gasteiger partial charge in [0.15, 0.2) is 11.1 Å². The molecule has 2 saturated carbocycles. The molecule has 2 rings (SSSR count). The van der Waals surface area contributed by atoms with Crippen molar-refractivity contribution in [2.75, 3.05) is 14.1 Å². The van der Waals surface area contributed by atoms with Crippen LogP contribution in [-0.4, -0.2) is 39.0 Å². The molecule has 0 heterocycles. The summed E-state index contributed by atoms with van der Waals surface area (Å²) >= 11 is -1.62. The first-order valence-electron chi connectivity index (χ1n) is 6.37. The molecule has 2 aliphatic carbocycles. The van der Waals surface area contributed by atoms with Crippen molar-refractivity contribution in [2.24, 2.45) is 11.8 Å². The van der Waals surface area contributed by atoms with Crippen molar-refractivity contribution in [3.63, 3.8) is 0 Å². The van der Waals surface area contributed by atoms with Crippen LogP contribution in [-0.2, 0) is 11.1 Å². The maximum atomic E-state index is 11.4. The van der Waals surface area contributed by atoms with Crippen LogP contribution in [0.3, 0.4) is 0 Å². The van der Waals surface area contributed by atoms with E-state index in [0.717, 1.165) is 19.3 Å². The fourth-order valence-corrected chi connectivity index (χ4v) is 4.81. The Kier molecular flexibility index (Phi) is 4.03. The van der Waals surface area contributed by atoms with Gasteiger partial charge in [-0.05, 0) is 51.6 Å². The molecular formula is C12H23NO2S. The van der Waals surface area contributed by atoms with Crippen LogP contribution >= 0.6 is 0 Å². The third-order valence-electron chi connectivity index (χ3n) is 4.51. The largest absolute Gasteiger partial charge is 0.306 e. The summed E-state index contributed by atoms with van der Waals surface area (Å²) in [6.45, 7) is 0. The molecule has 0 saturated heterocycles. The van der Waals surface area contributed by atoms with Gasteiger partial charge in [-0.2, -0.15) is 0 Å². The van der Waals surface area contributed by atoms with Gasteiger partial charge >= 0.3 is 0 Å². The van der Waals surface area contributed by atoms with Gasteiger partial charge in [0.25, 0.3) is 0 Å². The summed E-state index contributed by atoms with van der Waals surface area (Å²) in [5.74, 6) is 1.14. The van der Waals surface area contributed by atoms with E-state index in [0.29, 0.717) is 17.9 Å². The van der Waals surface area contributed by atoms with Gasteiger partial charge < -0.3 is 9.45 Å². The number of fused-ring (bicyclic) bond motifs is 1. The van der Waals surface area contributed by atoms with Crippen LogP contribution in [0.5, 0.6) is 0 Å². The standard InChI is InChI=1S/C12H23NO2S/c1-13(2)11-7-3-6-10-9(11)5-4-8-12(10)16(14)15/h9-12H,3-8H2,1-2H3,(H,14,15). The lowest BCUT2D eigenvalue weighted by Crippen LogP contribution is -2.48. The van der Waals surface area contributed by atoms with Crippen molar-refractivity contribution in [1.82, 2.24) is 4.90 Å². The molecule has 0 radical (unpaired) electrons. The first kappa shape index (κ1) is 12.5. The maximum Gasteiger partial charge on any atom is 0.156 e. The topological polar surface area (TPSA) is 40.5 Å². The van der Waals surface area contributed by atoms with Gasteiger partial charge in [0.05, 0.1) is 5.25 Å². The Labute approximate surface area is 101 Å². The summed E-state index contributed by atoms with van der Waals surface area (Å²) in [7, 11) is 4.29. The van der Waals surface area contributed by atoms with E-state index in [2.05, 4.69) is 19.0 Å². The third-order valence-corrected chi connectivity index (χ3v) is 5.61. The summed E-state index contributed by atoms with van der Waals surface area (Å²) < 4.78 is 20.8. The maximum absolute atomic E-state index is 11.4. The first-order valence-corrected chi connectivity index (χ1v) is 7.54. The zero-order chi connectivity index (χ0) is 11.7. The van der Waals surface area contributed by atoms with Crippen LogP contribution in [0.15, 0.2) is 0 Å². The van der Waals surface area contributed by atoms with Crippen molar-refractivity contribution in [3.8, 4) is 0 Å². The molecule has 1 N–H and O–H groups in total. The minimum absolute atomic E-state index is 0.0431. The van der Waals surface area contributed by atoms with Gasteiger partial charge in [0.1, 0.15) is 0 Å². The van der Waals surface area contributed by atoms with Gasteiger partial charge in [0, 0.05) is 6.04 Å². The molecule has 0 bridgehead atoms. The number of hydrogen-bond donors (Lipinski definition) is 1. The number of hydrogen-bond acceptors (Lipinski definition) is 2. The lowest BCUT2D eigenvalue weighted by molar-refractivity contribution is 0.0713. The molecule has 0 aromatic carbocycles. The summed E-state index contributed by atoms with van der Waals surface area (Å²) in [5, 5.41) is 0.0431. The van der Waals surface area contributed by atoms with Gasteiger partial charge in [0.2, 0.25) is 0 Å². The van der Waals surface area contributed by atoms with E-state index in [9.17, 15) is 8.76 Å². The lowest BCUT2D eigenvalue weighted by Gasteiger charge is -2.46. The average molecular weight is 245 g/mol. The molecule has 0 amide bonds. The van der Waals surface area contributed by atoms with E-state index in [1.54, 1.807) is 0 Å². The minimum atomic E-state index is -1.62. The van der Waals surface area contributed by atoms with E-state index in [4.69, 9.17) is 0 Å². The second kappa shape index (κ2) is 5.15. The Morgan fingerprint density at radius 2 is 1.69 bits per heavy atom. The van der Waals surface area contributed by atoms with Crippen molar-refractivity contribution < 1.29 is 8.76 Å². The van der Waals surface area contributed by atoms with Gasteiger partial charge in [-0.1, -0.05) is 12.8 Å². The van der Waals surface area contributed by atoms with Crippen LogP contribution in [0.4, 0.5) is 0 Å². The Bertz CT molecular complexity index is 270. The van der Waals surface area contributed by atoms with Crippen molar-refractivity contribution in [2.45, 2.75) is 49.8 Å². The summed E-state index contributed by atoms with van der Waals surface area (Å²) in [4.78, 5) is 2.32. The SMILES string of the molecule is CN(C)C1CCCC2C1CCCC2S(=O)O. The van der Waals surface area contributed by atoms with Crippen molar-refractivity contribution >= 4 is 11.1 Å². The highest BCUT2D eigenvalue weighted by atomic mass is 32.2. The van der Waals surface area contributed by atoms with Crippen molar-refractivity contribution in [1.29, 1.82) is 0 Å². The lowest BCUT2D eigenvalue weighted by atomic mass is 9.68. The predicted molar refractivity (Wildman–Crippen MR) is 66.7 cm³/mol. The quantitative estimate of drug-likeness (QED) is 0.758. The van der Waals surface area contributed by atoms with E-state index in [-0.39, 0.29) is 5.25 Å². The highest BCUT2D eigenvalue weighted by Gasteiger charge is 2.42. The molecule has 5 unspecified atom stereocenters. The Balaban J connectivity index is 2.14. The van der Waals surface area contributed by atoms with Crippen molar-refractivity contribution in [3.05, 3.63) is 0 Å². The second-order valence-electron chi connectivity index (χ2n) is 5.54. The molecule has 0 aromatic rings. The van der Waals surface area contributed by atoms with Crippen LogP contribution < -0.4 is 0 Å². The fraction of sp³-hybridized carbons (Fsp3) is 1.00. The zero-order valence-electron chi connectivity index (χ0n) is 10.3. The molecule has 0 aromatic heterocycles. The molecule has 94 valence electrons. The summed E-state index contributed by atoms with van der Waals surface area (Å²) in [5.41, 5.74) is 0. The highest BCUT2D eigenvalue weighted by molar-refractivity contribution is 7.79. The fourth-order valence-electron chi connectivity index (χ4n) is 3.80. The van der Waals surface area contributed by atoms with Crippen LogP contribution in [0.1, 0.15) is 38.5 Å². The molecule has 2 aliphatic rings. The van der Waals surface area contributed by atoms with Gasteiger partial charge in [-0.15, -0.1) is 0 Å². The normalized spacial score (nSPS) is 41.8. The Morgan fingerprint density at radius 3 is 2.31 bits per heavy atom. The number of rotatable bonds is 2. The Hall–Kier alpha value is 0.0700. The molecule has 4 heteroatoms. The van der Waals surface area contributed by atoms with Crippen LogP contribution in [0.2, 0.25) is 0 Å². The Morgan fingerprint density at radius 1 is 1.06 bits per heavy atom. The zero-order valence-corrected chi connectivity index (χ0v) is 11.1. The molecule has 2 fully saturated rings. The molecule has 16 heavy (non-hydrogen) atoms. The van der Waals surface area contributed by atoms with Crippen LogP contribution in [0, 0.1) is 11.8 Å². The second-order valence-corrected chi connectivity index (χ2v) is 6.69. The highest BCUT2D eigenvalue weighted by Crippen LogP contribution is 2.43.